The number of aromatic nitrogens is 2. The van der Waals surface area contributed by atoms with Gasteiger partial charge in [-0.1, -0.05) is 30.3 Å². The van der Waals surface area contributed by atoms with Crippen LogP contribution < -0.4 is 10.9 Å². The quantitative estimate of drug-likeness (QED) is 0.894. The van der Waals surface area contributed by atoms with Gasteiger partial charge in [0, 0.05) is 25.2 Å². The molecule has 2 heterocycles. The number of hydrogen-bond acceptors (Lipinski definition) is 4. The molecule has 2 aromatic rings. The monoisotopic (exact) mass is 326 g/mol. The lowest BCUT2D eigenvalue weighted by Gasteiger charge is -2.24. The highest BCUT2D eigenvalue weighted by Crippen LogP contribution is 2.18. The lowest BCUT2D eigenvalue weighted by molar-refractivity contribution is 0.0728. The van der Waals surface area contributed by atoms with E-state index in [2.05, 4.69) is 10.4 Å². The number of carbonyl (C=O) groups is 1. The van der Waals surface area contributed by atoms with E-state index in [4.69, 9.17) is 0 Å². The zero-order chi connectivity index (χ0) is 16.9. The summed E-state index contributed by atoms with van der Waals surface area (Å²) in [5, 5.41) is 7.43. The molecule has 1 amide bonds. The Hall–Kier alpha value is -2.47. The molecule has 0 aliphatic carbocycles. The summed E-state index contributed by atoms with van der Waals surface area (Å²) in [6, 6.07) is 12.8. The Balaban J connectivity index is 1.82. The summed E-state index contributed by atoms with van der Waals surface area (Å²) >= 11 is 0. The smallest absolute Gasteiger partial charge is 0.274 e. The zero-order valence-electron chi connectivity index (χ0n) is 13.8. The van der Waals surface area contributed by atoms with E-state index in [0.29, 0.717) is 12.2 Å². The molecule has 0 radical (unpaired) electrons. The average Bonchev–Trinajstić information content (AvgIpc) is 3.06. The summed E-state index contributed by atoms with van der Waals surface area (Å²) < 4.78 is 1.35. The van der Waals surface area contributed by atoms with E-state index >= 15 is 0 Å². The van der Waals surface area contributed by atoms with E-state index in [0.717, 1.165) is 31.5 Å². The predicted molar refractivity (Wildman–Crippen MR) is 92.0 cm³/mol. The van der Waals surface area contributed by atoms with Crippen LogP contribution in [0.25, 0.3) is 0 Å². The minimum Gasteiger partial charge on any atom is -0.333 e. The van der Waals surface area contributed by atoms with Crippen molar-refractivity contribution in [3.05, 3.63) is 64.1 Å². The molecule has 0 saturated carbocycles. The molecule has 1 N–H and O–H groups in total. The molecular weight excluding hydrogens is 304 g/mol. The van der Waals surface area contributed by atoms with Gasteiger partial charge in [0.1, 0.15) is 5.69 Å². The molecule has 1 unspecified atom stereocenters. The number of rotatable bonds is 5. The number of amides is 1. The number of carbonyl (C=O) groups excluding carboxylic acids is 1. The maximum atomic E-state index is 12.8. The maximum absolute atomic E-state index is 12.8. The molecule has 6 heteroatoms. The summed E-state index contributed by atoms with van der Waals surface area (Å²) in [6.45, 7) is 1.88. The van der Waals surface area contributed by atoms with Gasteiger partial charge >= 0.3 is 0 Å². The summed E-state index contributed by atoms with van der Waals surface area (Å²) in [7, 11) is 1.89. The molecule has 24 heavy (non-hydrogen) atoms. The number of likely N-dealkylation sites (N-methyl/N-ethyl adjacent to an activating group) is 1. The van der Waals surface area contributed by atoms with Crippen LogP contribution in [0.15, 0.2) is 47.3 Å². The Morgan fingerprint density at radius 2 is 2.04 bits per heavy atom. The summed E-state index contributed by atoms with van der Waals surface area (Å²) in [6.07, 6.45) is 2.00. The Labute approximate surface area is 141 Å². The summed E-state index contributed by atoms with van der Waals surface area (Å²) in [5.41, 5.74) is 1.10. The predicted octanol–water partition coefficient (Wildman–Crippen LogP) is 1.12. The van der Waals surface area contributed by atoms with Gasteiger partial charge in [-0.3, -0.25) is 9.59 Å². The summed E-state index contributed by atoms with van der Waals surface area (Å²) in [5.74, 6) is -0.102. The normalized spacial score (nSPS) is 17.2. The first-order chi connectivity index (χ1) is 11.7. The molecule has 1 aliphatic rings. The molecule has 126 valence electrons. The van der Waals surface area contributed by atoms with Gasteiger partial charge < -0.3 is 10.2 Å². The zero-order valence-corrected chi connectivity index (χ0v) is 13.8. The van der Waals surface area contributed by atoms with Gasteiger partial charge in [-0.15, -0.1) is 0 Å². The SMILES string of the molecule is CNCC1CCCN1C(=O)c1ccc(=O)n(Cc2ccccc2)n1. The van der Waals surface area contributed by atoms with Crippen molar-refractivity contribution in [3.8, 4) is 0 Å². The topological polar surface area (TPSA) is 67.2 Å². The second-order valence-electron chi connectivity index (χ2n) is 6.05. The van der Waals surface area contributed by atoms with Gasteiger partial charge in [0.15, 0.2) is 0 Å². The van der Waals surface area contributed by atoms with Crippen molar-refractivity contribution in [2.24, 2.45) is 0 Å². The van der Waals surface area contributed by atoms with Crippen LogP contribution in [0.3, 0.4) is 0 Å². The van der Waals surface area contributed by atoms with Gasteiger partial charge in [-0.25, -0.2) is 4.68 Å². The first-order valence-electron chi connectivity index (χ1n) is 8.26. The molecule has 0 spiro atoms. The number of benzene rings is 1. The Morgan fingerprint density at radius 3 is 2.79 bits per heavy atom. The van der Waals surface area contributed by atoms with Crippen LogP contribution in [0.1, 0.15) is 28.9 Å². The first kappa shape index (κ1) is 16.4. The van der Waals surface area contributed by atoms with E-state index in [9.17, 15) is 9.59 Å². The van der Waals surface area contributed by atoms with Gasteiger partial charge in [-0.05, 0) is 31.5 Å². The van der Waals surface area contributed by atoms with Crippen molar-refractivity contribution in [3.63, 3.8) is 0 Å². The second kappa shape index (κ2) is 7.40. The van der Waals surface area contributed by atoms with E-state index in [1.807, 2.05) is 42.3 Å². The molecule has 1 aromatic carbocycles. The molecule has 1 aliphatic heterocycles. The van der Waals surface area contributed by atoms with Crippen molar-refractivity contribution in [2.75, 3.05) is 20.1 Å². The van der Waals surface area contributed by atoms with Crippen LogP contribution in [0, 0.1) is 0 Å². The minimum absolute atomic E-state index is 0.102. The fourth-order valence-electron chi connectivity index (χ4n) is 3.13. The highest BCUT2D eigenvalue weighted by atomic mass is 16.2. The fraction of sp³-hybridized carbons (Fsp3) is 0.389. The van der Waals surface area contributed by atoms with E-state index in [1.165, 1.54) is 16.8 Å². The molecule has 0 bridgehead atoms. The van der Waals surface area contributed by atoms with Crippen molar-refractivity contribution in [2.45, 2.75) is 25.4 Å². The van der Waals surface area contributed by atoms with Crippen molar-refractivity contribution < 1.29 is 4.79 Å². The third-order valence-corrected chi connectivity index (χ3v) is 4.34. The average molecular weight is 326 g/mol. The lowest BCUT2D eigenvalue weighted by atomic mass is 10.2. The molecule has 3 rings (SSSR count). The Morgan fingerprint density at radius 1 is 1.25 bits per heavy atom. The van der Waals surface area contributed by atoms with Gasteiger partial charge in [0.25, 0.3) is 11.5 Å². The number of hydrogen-bond donors (Lipinski definition) is 1. The van der Waals surface area contributed by atoms with E-state index in [-0.39, 0.29) is 17.5 Å². The molecule has 1 fully saturated rings. The number of nitrogens with one attached hydrogen (secondary N) is 1. The lowest BCUT2D eigenvalue weighted by Crippen LogP contribution is -2.41. The van der Waals surface area contributed by atoms with Crippen LogP contribution in [0.5, 0.6) is 0 Å². The van der Waals surface area contributed by atoms with Crippen LogP contribution in [0.4, 0.5) is 0 Å². The van der Waals surface area contributed by atoms with Gasteiger partial charge in [-0.2, -0.15) is 5.10 Å². The van der Waals surface area contributed by atoms with Crippen molar-refractivity contribution in [1.29, 1.82) is 0 Å². The second-order valence-corrected chi connectivity index (χ2v) is 6.05. The van der Waals surface area contributed by atoms with Crippen molar-refractivity contribution in [1.82, 2.24) is 20.0 Å². The largest absolute Gasteiger partial charge is 0.333 e. The van der Waals surface area contributed by atoms with Crippen LogP contribution >= 0.6 is 0 Å². The standard InChI is InChI=1S/C18H22N4O2/c1-19-12-15-8-5-11-21(15)18(24)16-9-10-17(23)22(20-16)13-14-6-3-2-4-7-14/h2-4,6-7,9-10,15,19H,5,8,11-13H2,1H3. The first-order valence-corrected chi connectivity index (χ1v) is 8.26. The maximum Gasteiger partial charge on any atom is 0.274 e. The summed E-state index contributed by atoms with van der Waals surface area (Å²) in [4.78, 5) is 26.7. The van der Waals surface area contributed by atoms with Gasteiger partial charge in [0.05, 0.1) is 6.54 Å². The van der Waals surface area contributed by atoms with Crippen LogP contribution in [-0.2, 0) is 6.54 Å². The van der Waals surface area contributed by atoms with E-state index < -0.39 is 0 Å². The molecule has 1 atom stereocenters. The van der Waals surface area contributed by atoms with Gasteiger partial charge in [0.2, 0.25) is 0 Å². The Bertz CT molecular complexity index is 757. The third-order valence-electron chi connectivity index (χ3n) is 4.34. The molecule has 1 saturated heterocycles. The number of nitrogens with zero attached hydrogens (tertiary/aromatic N) is 3. The molecule has 6 nitrogen and oxygen atoms in total. The Kier molecular flexibility index (Phi) is 5.05. The highest BCUT2D eigenvalue weighted by Gasteiger charge is 2.29. The highest BCUT2D eigenvalue weighted by molar-refractivity contribution is 5.92. The number of likely N-dealkylation sites (tertiary alicyclic amines) is 1. The van der Waals surface area contributed by atoms with E-state index in [1.54, 1.807) is 0 Å². The van der Waals surface area contributed by atoms with Crippen LogP contribution in [0.2, 0.25) is 0 Å². The third kappa shape index (κ3) is 3.54. The van der Waals surface area contributed by atoms with Crippen molar-refractivity contribution >= 4 is 5.91 Å². The molecular formula is C18H22N4O2. The molecule has 1 aromatic heterocycles. The fourth-order valence-corrected chi connectivity index (χ4v) is 3.13. The minimum atomic E-state index is -0.205. The van der Waals surface area contributed by atoms with Crippen LogP contribution in [-0.4, -0.2) is 46.8 Å².